The van der Waals surface area contributed by atoms with E-state index in [-0.39, 0.29) is 10.8 Å². The lowest BCUT2D eigenvalue weighted by molar-refractivity contribution is -0.122. The maximum atomic E-state index is 12.4. The second-order valence-corrected chi connectivity index (χ2v) is 6.37. The lowest BCUT2D eigenvalue weighted by atomic mass is 10.1. The number of likely N-dealkylation sites (N-methyl/N-ethyl adjacent to an activating group) is 1. The molecule has 0 bridgehead atoms. The number of rotatable bonds is 5. The highest BCUT2D eigenvalue weighted by molar-refractivity contribution is 7.89. The number of nitrogens with one attached hydrogen (secondary N) is 2. The van der Waals surface area contributed by atoms with Gasteiger partial charge >= 0.3 is 0 Å². The van der Waals surface area contributed by atoms with Crippen LogP contribution in [0.25, 0.3) is 0 Å². The summed E-state index contributed by atoms with van der Waals surface area (Å²) in [5.41, 5.74) is 7.30. The van der Waals surface area contributed by atoms with Gasteiger partial charge in [-0.15, -0.1) is 0 Å². The Bertz CT molecular complexity index is 588. The van der Waals surface area contributed by atoms with Crippen LogP contribution in [0.1, 0.15) is 25.0 Å². The number of aryl methyl sites for hydroxylation is 2. The van der Waals surface area contributed by atoms with E-state index in [1.54, 1.807) is 32.9 Å². The molecule has 1 unspecified atom stereocenters. The molecule has 0 aliphatic heterocycles. The molecular formula is C13H21N3O3S. The van der Waals surface area contributed by atoms with E-state index in [1.807, 2.05) is 0 Å². The van der Waals surface area contributed by atoms with Gasteiger partial charge in [0.1, 0.15) is 0 Å². The number of anilines is 1. The van der Waals surface area contributed by atoms with Crippen molar-refractivity contribution in [3.63, 3.8) is 0 Å². The van der Waals surface area contributed by atoms with E-state index in [1.165, 1.54) is 6.92 Å². The molecule has 1 atom stereocenters. The summed E-state index contributed by atoms with van der Waals surface area (Å²) in [7, 11) is -3.77. The summed E-state index contributed by atoms with van der Waals surface area (Å²) >= 11 is 0. The summed E-state index contributed by atoms with van der Waals surface area (Å²) in [4.78, 5) is 11.8. The van der Waals surface area contributed by atoms with E-state index in [0.29, 0.717) is 23.4 Å². The monoisotopic (exact) mass is 299 g/mol. The summed E-state index contributed by atoms with van der Waals surface area (Å²) in [5, 5.41) is 2.57. The van der Waals surface area contributed by atoms with Crippen LogP contribution < -0.4 is 15.8 Å². The standard InChI is InChI=1S/C13H21N3O3S/c1-5-15-13(17)10(4)16-20(18,19)12-8(2)6-11(14)7-9(12)3/h6-7,10,16H,5,14H2,1-4H3,(H,15,17). The maximum absolute atomic E-state index is 12.4. The van der Waals surface area contributed by atoms with Gasteiger partial charge in [-0.05, 0) is 51.0 Å². The first-order valence-corrected chi connectivity index (χ1v) is 7.84. The minimum Gasteiger partial charge on any atom is -0.399 e. The summed E-state index contributed by atoms with van der Waals surface area (Å²) in [6.45, 7) is 7.08. The summed E-state index contributed by atoms with van der Waals surface area (Å²) in [6, 6.07) is 2.35. The Balaban J connectivity index is 3.10. The van der Waals surface area contributed by atoms with Gasteiger partial charge in [-0.2, -0.15) is 4.72 Å². The third-order valence-corrected chi connectivity index (χ3v) is 4.67. The Morgan fingerprint density at radius 1 is 1.30 bits per heavy atom. The third-order valence-electron chi connectivity index (χ3n) is 2.83. The van der Waals surface area contributed by atoms with Gasteiger partial charge in [0.15, 0.2) is 0 Å². The van der Waals surface area contributed by atoms with Gasteiger partial charge in [-0.3, -0.25) is 4.79 Å². The first-order valence-electron chi connectivity index (χ1n) is 6.35. The topological polar surface area (TPSA) is 101 Å². The molecule has 0 radical (unpaired) electrons. The van der Waals surface area contributed by atoms with Crippen molar-refractivity contribution in [3.05, 3.63) is 23.3 Å². The van der Waals surface area contributed by atoms with Crippen LogP contribution in [0.4, 0.5) is 5.69 Å². The van der Waals surface area contributed by atoms with Crippen molar-refractivity contribution in [1.82, 2.24) is 10.0 Å². The number of nitrogens with two attached hydrogens (primary N) is 1. The summed E-state index contributed by atoms with van der Waals surface area (Å²) < 4.78 is 27.1. The van der Waals surface area contributed by atoms with Crippen molar-refractivity contribution in [2.24, 2.45) is 0 Å². The summed E-state index contributed by atoms with van der Waals surface area (Å²) in [5.74, 6) is -0.359. The van der Waals surface area contributed by atoms with E-state index in [9.17, 15) is 13.2 Å². The van der Waals surface area contributed by atoms with Crippen molar-refractivity contribution in [2.45, 2.75) is 38.6 Å². The lowest BCUT2D eigenvalue weighted by Gasteiger charge is -2.17. The molecule has 1 rings (SSSR count). The predicted octanol–water partition coefficient (Wildman–Crippen LogP) is 0.689. The molecule has 0 fully saturated rings. The zero-order chi connectivity index (χ0) is 15.5. The fourth-order valence-corrected chi connectivity index (χ4v) is 3.74. The SMILES string of the molecule is CCNC(=O)C(C)NS(=O)(=O)c1c(C)cc(N)cc1C. The van der Waals surface area contributed by atoms with Gasteiger partial charge in [0.2, 0.25) is 15.9 Å². The maximum Gasteiger partial charge on any atom is 0.241 e. The number of benzene rings is 1. The molecule has 0 spiro atoms. The van der Waals surface area contributed by atoms with Crippen LogP contribution in [-0.2, 0) is 14.8 Å². The number of carbonyl (C=O) groups is 1. The minimum atomic E-state index is -3.77. The Kier molecular flexibility index (Phi) is 5.13. The molecular weight excluding hydrogens is 278 g/mol. The minimum absolute atomic E-state index is 0.169. The molecule has 1 aromatic carbocycles. The number of hydrogen-bond acceptors (Lipinski definition) is 4. The molecule has 0 aliphatic carbocycles. The van der Waals surface area contributed by atoms with Crippen LogP contribution in [0.15, 0.2) is 17.0 Å². The first kappa shape index (κ1) is 16.5. The lowest BCUT2D eigenvalue weighted by Crippen LogP contribution is -2.44. The molecule has 7 heteroatoms. The van der Waals surface area contributed by atoms with E-state index in [2.05, 4.69) is 10.0 Å². The quantitative estimate of drug-likeness (QED) is 0.696. The molecule has 0 aliphatic rings. The fraction of sp³-hybridized carbons (Fsp3) is 0.462. The molecule has 0 aromatic heterocycles. The number of sulfonamides is 1. The molecule has 1 aromatic rings. The third kappa shape index (κ3) is 3.71. The van der Waals surface area contributed by atoms with Gasteiger partial charge in [0, 0.05) is 12.2 Å². The molecule has 1 amide bonds. The second-order valence-electron chi connectivity index (χ2n) is 4.72. The van der Waals surface area contributed by atoms with E-state index in [4.69, 9.17) is 5.73 Å². The van der Waals surface area contributed by atoms with Gasteiger partial charge in [-0.25, -0.2) is 8.42 Å². The molecule has 20 heavy (non-hydrogen) atoms. The zero-order valence-electron chi connectivity index (χ0n) is 12.1. The van der Waals surface area contributed by atoms with Crippen LogP contribution in [0.2, 0.25) is 0 Å². The van der Waals surface area contributed by atoms with E-state index < -0.39 is 16.1 Å². The first-order chi connectivity index (χ1) is 9.19. The average molecular weight is 299 g/mol. The van der Waals surface area contributed by atoms with E-state index >= 15 is 0 Å². The molecule has 0 saturated carbocycles. The van der Waals surface area contributed by atoms with Gasteiger partial charge in [-0.1, -0.05) is 0 Å². The van der Waals surface area contributed by atoms with Crippen LogP contribution in [-0.4, -0.2) is 26.9 Å². The summed E-state index contributed by atoms with van der Waals surface area (Å²) in [6.07, 6.45) is 0. The molecule has 6 nitrogen and oxygen atoms in total. The Labute approximate surface area is 119 Å². The Morgan fingerprint density at radius 3 is 2.25 bits per heavy atom. The van der Waals surface area contributed by atoms with Crippen LogP contribution >= 0.6 is 0 Å². The highest BCUT2D eigenvalue weighted by Crippen LogP contribution is 2.23. The average Bonchev–Trinajstić information content (AvgIpc) is 2.26. The Morgan fingerprint density at radius 2 is 1.80 bits per heavy atom. The zero-order valence-corrected chi connectivity index (χ0v) is 13.0. The highest BCUT2D eigenvalue weighted by Gasteiger charge is 2.24. The molecule has 112 valence electrons. The van der Waals surface area contributed by atoms with Crippen molar-refractivity contribution in [1.29, 1.82) is 0 Å². The number of hydrogen-bond donors (Lipinski definition) is 3. The van der Waals surface area contributed by atoms with Crippen LogP contribution in [0, 0.1) is 13.8 Å². The van der Waals surface area contributed by atoms with Crippen LogP contribution in [0.3, 0.4) is 0 Å². The predicted molar refractivity (Wildman–Crippen MR) is 78.8 cm³/mol. The molecule has 0 heterocycles. The second kappa shape index (κ2) is 6.23. The fourth-order valence-electron chi connectivity index (χ4n) is 2.08. The van der Waals surface area contributed by atoms with Gasteiger partial charge in [0.25, 0.3) is 0 Å². The normalized spacial score (nSPS) is 13.0. The smallest absolute Gasteiger partial charge is 0.241 e. The van der Waals surface area contributed by atoms with Gasteiger partial charge < -0.3 is 11.1 Å². The van der Waals surface area contributed by atoms with Crippen molar-refractivity contribution in [2.75, 3.05) is 12.3 Å². The highest BCUT2D eigenvalue weighted by atomic mass is 32.2. The van der Waals surface area contributed by atoms with E-state index in [0.717, 1.165) is 0 Å². The number of carbonyl (C=O) groups excluding carboxylic acids is 1. The molecule has 4 N–H and O–H groups in total. The Hall–Kier alpha value is -1.60. The largest absolute Gasteiger partial charge is 0.399 e. The van der Waals surface area contributed by atoms with Crippen molar-refractivity contribution in [3.8, 4) is 0 Å². The van der Waals surface area contributed by atoms with Gasteiger partial charge in [0.05, 0.1) is 10.9 Å². The van der Waals surface area contributed by atoms with Crippen molar-refractivity contribution >= 4 is 21.6 Å². The van der Waals surface area contributed by atoms with Crippen molar-refractivity contribution < 1.29 is 13.2 Å². The number of nitrogen functional groups attached to an aromatic ring is 1. The van der Waals surface area contributed by atoms with Crippen LogP contribution in [0.5, 0.6) is 0 Å². The molecule has 0 saturated heterocycles. The number of amides is 1.